The molecule has 4 heterocycles. The van der Waals surface area contributed by atoms with E-state index in [4.69, 9.17) is 16.6 Å². The van der Waals surface area contributed by atoms with Gasteiger partial charge in [-0.15, -0.1) is 0 Å². The van der Waals surface area contributed by atoms with E-state index in [1.54, 1.807) is 24.8 Å². The fraction of sp³-hybridized carbons (Fsp3) is 0.433. The van der Waals surface area contributed by atoms with Crippen LogP contribution in [0.3, 0.4) is 0 Å². The molecule has 1 saturated heterocycles. The van der Waals surface area contributed by atoms with Crippen LogP contribution in [0, 0.1) is 0 Å². The highest BCUT2D eigenvalue weighted by molar-refractivity contribution is 6.33. The number of hydrogen-bond donors (Lipinski definition) is 3. The van der Waals surface area contributed by atoms with Crippen LogP contribution in [0.15, 0.2) is 42.6 Å². The molecule has 2 aliphatic rings. The number of carbonyl (C=O) groups excluding carboxylic acids is 2. The zero-order valence-electron chi connectivity index (χ0n) is 24.3. The minimum atomic E-state index is -0.685. The maximum absolute atomic E-state index is 13.5. The van der Waals surface area contributed by atoms with Crippen molar-refractivity contribution in [2.24, 2.45) is 0 Å². The highest BCUT2D eigenvalue weighted by Gasteiger charge is 2.35. The SMILES string of the molecule is CC(CO)Nc1ncc(Cl)c(-c2ccc3c(c2)C(=O)N(C(C)C(=O)NC(C)c2cccc(N4CCN(C)CC4)n2)C3)n1. The third kappa shape index (κ3) is 6.33. The predicted octanol–water partition coefficient (Wildman–Crippen LogP) is 2.96. The summed E-state index contributed by atoms with van der Waals surface area (Å²) in [6, 6.07) is 10.1. The number of hydrogen-bond acceptors (Lipinski definition) is 9. The van der Waals surface area contributed by atoms with Gasteiger partial charge in [0.15, 0.2) is 0 Å². The number of halogens is 1. The summed E-state index contributed by atoms with van der Waals surface area (Å²) < 4.78 is 0. The van der Waals surface area contributed by atoms with Crippen LogP contribution in [0.4, 0.5) is 11.8 Å². The number of nitrogens with one attached hydrogen (secondary N) is 2. The lowest BCUT2D eigenvalue weighted by atomic mass is 10.0. The molecule has 2 aromatic heterocycles. The van der Waals surface area contributed by atoms with Crippen molar-refractivity contribution >= 4 is 35.2 Å². The van der Waals surface area contributed by atoms with Gasteiger partial charge in [0, 0.05) is 49.9 Å². The number of amides is 2. The molecule has 0 bridgehead atoms. The van der Waals surface area contributed by atoms with Gasteiger partial charge in [-0.1, -0.05) is 29.8 Å². The second-order valence-electron chi connectivity index (χ2n) is 11.0. The lowest BCUT2D eigenvalue weighted by Gasteiger charge is -2.33. The van der Waals surface area contributed by atoms with Crippen LogP contribution in [0.5, 0.6) is 0 Å². The Morgan fingerprint density at radius 2 is 1.86 bits per heavy atom. The van der Waals surface area contributed by atoms with Crippen LogP contribution in [-0.2, 0) is 11.3 Å². The van der Waals surface area contributed by atoms with E-state index in [1.807, 2.05) is 37.3 Å². The minimum absolute atomic E-state index is 0.0749. The second-order valence-corrected chi connectivity index (χ2v) is 11.4. The first-order chi connectivity index (χ1) is 20.1. The fourth-order valence-electron chi connectivity index (χ4n) is 5.13. The molecule has 0 aliphatic carbocycles. The highest BCUT2D eigenvalue weighted by atomic mass is 35.5. The molecule has 3 atom stereocenters. The average molecular weight is 593 g/mol. The summed E-state index contributed by atoms with van der Waals surface area (Å²) in [5.41, 5.74) is 3.24. The Hall–Kier alpha value is -3.80. The Labute approximate surface area is 250 Å². The van der Waals surface area contributed by atoms with Crippen LogP contribution < -0.4 is 15.5 Å². The van der Waals surface area contributed by atoms with Crippen molar-refractivity contribution in [3.8, 4) is 11.3 Å². The van der Waals surface area contributed by atoms with Gasteiger partial charge in [0.1, 0.15) is 11.9 Å². The second kappa shape index (κ2) is 12.6. The zero-order chi connectivity index (χ0) is 30.0. The largest absolute Gasteiger partial charge is 0.394 e. The summed E-state index contributed by atoms with van der Waals surface area (Å²) in [6.07, 6.45) is 1.49. The lowest BCUT2D eigenvalue weighted by molar-refractivity contribution is -0.125. The van der Waals surface area contributed by atoms with Gasteiger partial charge in [0.05, 0.1) is 35.3 Å². The first-order valence-corrected chi connectivity index (χ1v) is 14.6. The number of anilines is 2. The van der Waals surface area contributed by atoms with E-state index in [0.29, 0.717) is 34.3 Å². The maximum Gasteiger partial charge on any atom is 0.255 e. The first kappa shape index (κ1) is 29.7. The minimum Gasteiger partial charge on any atom is -0.394 e. The molecule has 0 saturated carbocycles. The van der Waals surface area contributed by atoms with Gasteiger partial charge in [-0.25, -0.2) is 15.0 Å². The molecule has 222 valence electrons. The Morgan fingerprint density at radius 1 is 1.10 bits per heavy atom. The monoisotopic (exact) mass is 592 g/mol. The van der Waals surface area contributed by atoms with Crippen molar-refractivity contribution in [2.75, 3.05) is 50.1 Å². The number of aliphatic hydroxyl groups is 1. The topological polar surface area (TPSA) is 127 Å². The Morgan fingerprint density at radius 3 is 2.60 bits per heavy atom. The molecule has 5 rings (SSSR count). The quantitative estimate of drug-likeness (QED) is 0.344. The van der Waals surface area contributed by atoms with Crippen LogP contribution in [0.1, 0.15) is 48.4 Å². The van der Waals surface area contributed by atoms with Gasteiger partial charge < -0.3 is 30.4 Å². The number of fused-ring (bicyclic) bond motifs is 1. The lowest BCUT2D eigenvalue weighted by Crippen LogP contribution is -2.46. The van der Waals surface area contributed by atoms with Crippen molar-refractivity contribution in [2.45, 2.75) is 45.4 Å². The van der Waals surface area contributed by atoms with Crippen LogP contribution in [0.25, 0.3) is 11.3 Å². The van der Waals surface area contributed by atoms with Crippen molar-refractivity contribution in [1.29, 1.82) is 0 Å². The molecule has 0 radical (unpaired) electrons. The highest BCUT2D eigenvalue weighted by Crippen LogP contribution is 2.32. The number of rotatable bonds is 9. The average Bonchev–Trinajstić information content (AvgIpc) is 3.33. The molecule has 3 N–H and O–H groups in total. The third-order valence-corrected chi connectivity index (χ3v) is 8.12. The Balaban J connectivity index is 1.26. The van der Waals surface area contributed by atoms with E-state index in [2.05, 4.69) is 37.4 Å². The molecule has 2 amide bonds. The van der Waals surface area contributed by atoms with E-state index in [9.17, 15) is 14.7 Å². The van der Waals surface area contributed by atoms with E-state index < -0.39 is 6.04 Å². The van der Waals surface area contributed by atoms with Crippen LogP contribution in [0.2, 0.25) is 5.02 Å². The van der Waals surface area contributed by atoms with Gasteiger partial charge >= 0.3 is 0 Å². The summed E-state index contributed by atoms with van der Waals surface area (Å²) in [5, 5.41) is 15.7. The molecule has 0 spiro atoms. The van der Waals surface area contributed by atoms with Gasteiger partial charge in [0.25, 0.3) is 5.91 Å². The number of nitrogens with zero attached hydrogens (tertiary/aromatic N) is 6. The number of benzene rings is 1. The van der Waals surface area contributed by atoms with Gasteiger partial charge in [-0.05, 0) is 51.6 Å². The smallest absolute Gasteiger partial charge is 0.255 e. The predicted molar refractivity (Wildman–Crippen MR) is 162 cm³/mol. The number of piperazine rings is 1. The van der Waals surface area contributed by atoms with Crippen LogP contribution >= 0.6 is 11.6 Å². The summed E-state index contributed by atoms with van der Waals surface area (Å²) >= 11 is 6.41. The Kier molecular flexibility index (Phi) is 8.91. The van der Waals surface area contributed by atoms with Gasteiger partial charge in [0.2, 0.25) is 11.9 Å². The first-order valence-electron chi connectivity index (χ1n) is 14.2. The molecule has 42 heavy (non-hydrogen) atoms. The number of carbonyl (C=O) groups is 2. The summed E-state index contributed by atoms with van der Waals surface area (Å²) in [4.78, 5) is 46.4. The summed E-state index contributed by atoms with van der Waals surface area (Å²) in [5.74, 6) is 0.760. The molecule has 2 aliphatic heterocycles. The number of likely N-dealkylation sites (N-methyl/N-ethyl adjacent to an activating group) is 1. The Bertz CT molecular complexity index is 1460. The molecule has 3 aromatic rings. The standard InChI is InChI=1S/C30H37ClN8O3/c1-18(17-40)33-30-32-15-24(31)27(36-30)21-8-9-22-16-39(29(42)23(22)14-21)20(3)28(41)34-19(2)25-6-5-7-26(35-25)38-12-10-37(4)11-13-38/h5-9,14-15,18-20,40H,10-13,16-17H2,1-4H3,(H,34,41)(H,32,33,36). The maximum atomic E-state index is 13.5. The van der Waals surface area contributed by atoms with Gasteiger partial charge in [-0.3, -0.25) is 9.59 Å². The summed E-state index contributed by atoms with van der Waals surface area (Å²) in [6.45, 7) is 9.49. The van der Waals surface area contributed by atoms with E-state index >= 15 is 0 Å². The normalized spacial score (nSPS) is 17.5. The molecular weight excluding hydrogens is 556 g/mol. The molecule has 1 fully saturated rings. The molecule has 1 aromatic carbocycles. The molecule has 11 nitrogen and oxygen atoms in total. The molecule has 12 heteroatoms. The molecular formula is C30H37ClN8O3. The molecule has 3 unspecified atom stereocenters. The zero-order valence-corrected chi connectivity index (χ0v) is 25.1. The number of aromatic nitrogens is 3. The third-order valence-electron chi connectivity index (χ3n) is 7.84. The fourth-order valence-corrected chi connectivity index (χ4v) is 5.33. The van der Waals surface area contributed by atoms with Gasteiger partial charge in [-0.2, -0.15) is 0 Å². The van der Waals surface area contributed by atoms with Crippen LogP contribution in [-0.4, -0.2) is 93.6 Å². The van der Waals surface area contributed by atoms with Crippen molar-refractivity contribution in [1.82, 2.24) is 30.1 Å². The van der Waals surface area contributed by atoms with E-state index in [-0.39, 0.29) is 30.5 Å². The van der Waals surface area contributed by atoms with Crippen molar-refractivity contribution < 1.29 is 14.7 Å². The number of aliphatic hydroxyl groups excluding tert-OH is 1. The van der Waals surface area contributed by atoms with Crippen molar-refractivity contribution in [3.63, 3.8) is 0 Å². The summed E-state index contributed by atoms with van der Waals surface area (Å²) in [7, 11) is 2.12. The van der Waals surface area contributed by atoms with E-state index in [1.165, 1.54) is 6.20 Å². The van der Waals surface area contributed by atoms with Crippen molar-refractivity contribution in [3.05, 3.63) is 64.4 Å². The number of pyridine rings is 1. The van der Waals surface area contributed by atoms with E-state index in [0.717, 1.165) is 43.3 Å².